The smallest absolute Gasteiger partial charge is 0.378 e. The molecule has 0 bridgehead atoms. The Hall–Kier alpha value is -1.24. The number of nitrogens with one attached hydrogen (secondary N) is 1. The highest BCUT2D eigenvalue weighted by Gasteiger charge is 2.30. The van der Waals surface area contributed by atoms with Gasteiger partial charge in [0.1, 0.15) is 0 Å². The molecule has 0 aromatic heterocycles. The van der Waals surface area contributed by atoms with Crippen LogP contribution >= 0.6 is 22.6 Å². The molecule has 0 saturated heterocycles. The third-order valence-corrected chi connectivity index (χ3v) is 3.59. The molecule has 1 unspecified atom stereocenters. The van der Waals surface area contributed by atoms with Crippen LogP contribution in [0, 0.1) is 3.57 Å². The standard InChI is InChI=1S/C15H13F3IN/c1-10(20-14-7-3-6-13(19)9-14)11-4-2-5-12(8-11)15(16,17)18/h2-10,20H,1H3. The lowest BCUT2D eigenvalue weighted by Gasteiger charge is -2.17. The highest BCUT2D eigenvalue weighted by atomic mass is 127. The van der Waals surface area contributed by atoms with Crippen molar-refractivity contribution < 1.29 is 13.2 Å². The fourth-order valence-corrected chi connectivity index (χ4v) is 2.44. The van der Waals surface area contributed by atoms with Crippen LogP contribution in [0.5, 0.6) is 0 Å². The normalized spacial score (nSPS) is 13.1. The van der Waals surface area contributed by atoms with Crippen LogP contribution in [-0.4, -0.2) is 0 Å². The molecule has 20 heavy (non-hydrogen) atoms. The van der Waals surface area contributed by atoms with Crippen LogP contribution in [0.15, 0.2) is 48.5 Å². The minimum Gasteiger partial charge on any atom is -0.378 e. The molecule has 0 saturated carbocycles. The van der Waals surface area contributed by atoms with Gasteiger partial charge >= 0.3 is 6.18 Å². The number of benzene rings is 2. The zero-order valence-corrected chi connectivity index (χ0v) is 12.9. The molecule has 0 aliphatic rings. The Morgan fingerprint density at radius 1 is 1.05 bits per heavy atom. The molecule has 0 aliphatic carbocycles. The fourth-order valence-electron chi connectivity index (χ4n) is 1.90. The Balaban J connectivity index is 2.19. The van der Waals surface area contributed by atoms with E-state index in [0.29, 0.717) is 5.56 Å². The lowest BCUT2D eigenvalue weighted by Crippen LogP contribution is -2.10. The predicted octanol–water partition coefficient (Wildman–Crippen LogP) is 5.48. The molecule has 0 fully saturated rings. The van der Waals surface area contributed by atoms with Gasteiger partial charge in [0, 0.05) is 15.3 Å². The summed E-state index contributed by atoms with van der Waals surface area (Å²) in [7, 11) is 0. The molecule has 0 heterocycles. The summed E-state index contributed by atoms with van der Waals surface area (Å²) in [6.45, 7) is 1.84. The highest BCUT2D eigenvalue weighted by Crippen LogP contribution is 2.31. The van der Waals surface area contributed by atoms with E-state index in [1.807, 2.05) is 31.2 Å². The maximum absolute atomic E-state index is 12.7. The van der Waals surface area contributed by atoms with Crippen LogP contribution in [0.4, 0.5) is 18.9 Å². The highest BCUT2D eigenvalue weighted by molar-refractivity contribution is 14.1. The Morgan fingerprint density at radius 3 is 2.40 bits per heavy atom. The van der Waals surface area contributed by atoms with Gasteiger partial charge in [-0.15, -0.1) is 0 Å². The third kappa shape index (κ3) is 3.88. The minimum atomic E-state index is -4.31. The first-order valence-electron chi connectivity index (χ1n) is 6.05. The van der Waals surface area contributed by atoms with Crippen molar-refractivity contribution in [3.05, 3.63) is 63.2 Å². The summed E-state index contributed by atoms with van der Waals surface area (Å²) in [6.07, 6.45) is -4.31. The molecule has 1 N–H and O–H groups in total. The van der Waals surface area contributed by atoms with Gasteiger partial charge in [-0.1, -0.05) is 18.2 Å². The van der Waals surface area contributed by atoms with E-state index in [4.69, 9.17) is 0 Å². The second-order valence-corrected chi connectivity index (χ2v) is 5.75. The van der Waals surface area contributed by atoms with E-state index in [1.54, 1.807) is 6.07 Å². The van der Waals surface area contributed by atoms with Crippen molar-refractivity contribution >= 4 is 28.3 Å². The van der Waals surface area contributed by atoms with Gasteiger partial charge in [0.15, 0.2) is 0 Å². The molecule has 1 nitrogen and oxygen atoms in total. The molecule has 106 valence electrons. The SMILES string of the molecule is CC(Nc1cccc(I)c1)c1cccc(C(F)(F)F)c1. The number of hydrogen-bond acceptors (Lipinski definition) is 1. The van der Waals surface area contributed by atoms with Gasteiger partial charge in [-0.25, -0.2) is 0 Å². The average Bonchev–Trinajstić information content (AvgIpc) is 2.38. The Morgan fingerprint density at radius 2 is 1.75 bits per heavy atom. The molecular formula is C15H13F3IN. The zero-order chi connectivity index (χ0) is 14.8. The molecule has 2 aromatic carbocycles. The molecule has 0 aliphatic heterocycles. The Labute approximate surface area is 129 Å². The van der Waals surface area contributed by atoms with Gasteiger partial charge in [0.2, 0.25) is 0 Å². The minimum absolute atomic E-state index is 0.199. The average molecular weight is 391 g/mol. The first-order valence-corrected chi connectivity index (χ1v) is 7.13. The summed E-state index contributed by atoms with van der Waals surface area (Å²) in [5.41, 5.74) is 0.881. The van der Waals surface area contributed by atoms with Crippen LogP contribution in [0.1, 0.15) is 24.1 Å². The molecule has 1 atom stereocenters. The number of anilines is 1. The van der Waals surface area contributed by atoms with Crippen molar-refractivity contribution in [1.29, 1.82) is 0 Å². The van der Waals surface area contributed by atoms with E-state index >= 15 is 0 Å². The number of rotatable bonds is 3. The van der Waals surface area contributed by atoms with Crippen molar-refractivity contribution in [2.45, 2.75) is 19.1 Å². The van der Waals surface area contributed by atoms with Crippen LogP contribution in [0.25, 0.3) is 0 Å². The summed E-state index contributed by atoms with van der Waals surface area (Å²) in [4.78, 5) is 0. The topological polar surface area (TPSA) is 12.0 Å². The van der Waals surface area contributed by atoms with Crippen molar-refractivity contribution in [3.8, 4) is 0 Å². The number of halogens is 4. The molecule has 0 spiro atoms. The van der Waals surface area contributed by atoms with E-state index in [9.17, 15) is 13.2 Å². The molecular weight excluding hydrogens is 378 g/mol. The molecule has 5 heteroatoms. The van der Waals surface area contributed by atoms with Crippen molar-refractivity contribution in [1.82, 2.24) is 0 Å². The van der Waals surface area contributed by atoms with Crippen LogP contribution in [0.3, 0.4) is 0 Å². The third-order valence-electron chi connectivity index (χ3n) is 2.92. The zero-order valence-electron chi connectivity index (χ0n) is 10.7. The van der Waals surface area contributed by atoms with Crippen LogP contribution in [-0.2, 0) is 6.18 Å². The van der Waals surface area contributed by atoms with E-state index in [-0.39, 0.29) is 6.04 Å². The van der Waals surface area contributed by atoms with Crippen molar-refractivity contribution in [2.24, 2.45) is 0 Å². The first-order chi connectivity index (χ1) is 9.36. The van der Waals surface area contributed by atoms with Gasteiger partial charge in [-0.05, 0) is 65.4 Å². The Kier molecular flexibility index (Phi) is 4.57. The summed E-state index contributed by atoms with van der Waals surface area (Å²) in [5, 5.41) is 3.21. The van der Waals surface area contributed by atoms with E-state index in [0.717, 1.165) is 15.3 Å². The molecule has 2 rings (SSSR count). The molecule has 0 radical (unpaired) electrons. The summed E-state index contributed by atoms with van der Waals surface area (Å²) < 4.78 is 39.1. The maximum Gasteiger partial charge on any atom is 0.416 e. The second kappa shape index (κ2) is 6.03. The van der Waals surface area contributed by atoms with E-state index < -0.39 is 11.7 Å². The fraction of sp³-hybridized carbons (Fsp3) is 0.200. The van der Waals surface area contributed by atoms with Gasteiger partial charge < -0.3 is 5.32 Å². The van der Waals surface area contributed by atoms with Crippen molar-refractivity contribution in [3.63, 3.8) is 0 Å². The van der Waals surface area contributed by atoms with E-state index in [2.05, 4.69) is 27.9 Å². The quantitative estimate of drug-likeness (QED) is 0.683. The Bertz CT molecular complexity index is 596. The maximum atomic E-state index is 12.7. The van der Waals surface area contributed by atoms with Gasteiger partial charge in [-0.3, -0.25) is 0 Å². The molecule has 2 aromatic rings. The number of alkyl halides is 3. The summed E-state index contributed by atoms with van der Waals surface area (Å²) >= 11 is 2.19. The monoisotopic (exact) mass is 391 g/mol. The lowest BCUT2D eigenvalue weighted by molar-refractivity contribution is -0.137. The van der Waals surface area contributed by atoms with Crippen LogP contribution in [0.2, 0.25) is 0 Å². The lowest BCUT2D eigenvalue weighted by atomic mass is 10.0. The largest absolute Gasteiger partial charge is 0.416 e. The second-order valence-electron chi connectivity index (χ2n) is 4.50. The van der Waals surface area contributed by atoms with Crippen molar-refractivity contribution in [2.75, 3.05) is 5.32 Å². The van der Waals surface area contributed by atoms with Gasteiger partial charge in [0.25, 0.3) is 0 Å². The first kappa shape index (κ1) is 15.2. The summed E-state index contributed by atoms with van der Waals surface area (Å²) in [5.74, 6) is 0. The van der Waals surface area contributed by atoms with Gasteiger partial charge in [0.05, 0.1) is 5.56 Å². The van der Waals surface area contributed by atoms with E-state index in [1.165, 1.54) is 12.1 Å². The predicted molar refractivity (Wildman–Crippen MR) is 82.6 cm³/mol. The van der Waals surface area contributed by atoms with Gasteiger partial charge in [-0.2, -0.15) is 13.2 Å². The molecule has 0 amide bonds. The van der Waals surface area contributed by atoms with Crippen LogP contribution < -0.4 is 5.32 Å². The number of hydrogen-bond donors (Lipinski definition) is 1. The summed E-state index contributed by atoms with van der Waals surface area (Å²) in [6, 6.07) is 12.9.